The maximum atomic E-state index is 13.2. The maximum Gasteiger partial charge on any atom is 0.416 e. The lowest BCUT2D eigenvalue weighted by Crippen LogP contribution is -2.07. The lowest BCUT2D eigenvalue weighted by Gasteiger charge is -2.11. The lowest BCUT2D eigenvalue weighted by molar-refractivity contribution is -0.137. The Kier molecular flexibility index (Phi) is 4.84. The largest absolute Gasteiger partial charge is 0.497 e. The number of halogens is 3. The summed E-state index contributed by atoms with van der Waals surface area (Å²) in [6.07, 6.45) is -4.42. The Labute approximate surface area is 166 Å². The van der Waals surface area contributed by atoms with E-state index >= 15 is 0 Å². The lowest BCUT2D eigenvalue weighted by atomic mass is 10.1. The van der Waals surface area contributed by atoms with Crippen molar-refractivity contribution < 1.29 is 17.9 Å². The van der Waals surface area contributed by atoms with E-state index in [-0.39, 0.29) is 0 Å². The first kappa shape index (κ1) is 18.8. The van der Waals surface area contributed by atoms with Crippen LogP contribution in [0.1, 0.15) is 5.56 Å². The Hall–Kier alpha value is -3.54. The van der Waals surface area contributed by atoms with Crippen molar-refractivity contribution >= 4 is 0 Å². The summed E-state index contributed by atoms with van der Waals surface area (Å²) in [6, 6.07) is 23.9. The molecule has 0 saturated carbocycles. The molecule has 6 heteroatoms. The molecule has 3 aromatic carbocycles. The van der Waals surface area contributed by atoms with E-state index in [1.165, 1.54) is 6.07 Å². The summed E-state index contributed by atoms with van der Waals surface area (Å²) in [5.74, 6) is 0.717. The molecule has 0 aliphatic heterocycles. The second-order valence-corrected chi connectivity index (χ2v) is 6.47. The van der Waals surface area contributed by atoms with Gasteiger partial charge in [0.2, 0.25) is 0 Å². The van der Waals surface area contributed by atoms with Gasteiger partial charge in [0.1, 0.15) is 5.75 Å². The second kappa shape index (κ2) is 7.47. The van der Waals surface area contributed by atoms with E-state index in [2.05, 4.69) is 5.10 Å². The summed E-state index contributed by atoms with van der Waals surface area (Å²) in [7, 11) is 1.59. The number of hydrogen-bond donors (Lipinski definition) is 0. The molecule has 0 radical (unpaired) electrons. The molecule has 3 nitrogen and oxygen atoms in total. The van der Waals surface area contributed by atoms with Crippen LogP contribution < -0.4 is 4.74 Å². The zero-order valence-corrected chi connectivity index (χ0v) is 15.5. The molecule has 0 amide bonds. The molecule has 0 unspecified atom stereocenters. The van der Waals surface area contributed by atoms with E-state index in [1.54, 1.807) is 17.9 Å². The van der Waals surface area contributed by atoms with Crippen molar-refractivity contribution in [3.63, 3.8) is 0 Å². The quantitative estimate of drug-likeness (QED) is 0.410. The predicted octanol–water partition coefficient (Wildman–Crippen LogP) is 6.23. The Balaban J connectivity index is 1.87. The fourth-order valence-corrected chi connectivity index (χ4v) is 3.11. The molecule has 0 fully saturated rings. The van der Waals surface area contributed by atoms with Crippen LogP contribution in [0.5, 0.6) is 5.75 Å². The Morgan fingerprint density at radius 3 is 2.17 bits per heavy atom. The molecule has 0 N–H and O–H groups in total. The van der Waals surface area contributed by atoms with Gasteiger partial charge in [0, 0.05) is 11.1 Å². The normalized spacial score (nSPS) is 11.4. The van der Waals surface area contributed by atoms with Gasteiger partial charge in [-0.3, -0.25) is 0 Å². The van der Waals surface area contributed by atoms with Crippen LogP contribution in [0.4, 0.5) is 13.2 Å². The van der Waals surface area contributed by atoms with Gasteiger partial charge in [-0.2, -0.15) is 18.3 Å². The highest BCUT2D eigenvalue weighted by Crippen LogP contribution is 2.33. The highest BCUT2D eigenvalue weighted by molar-refractivity contribution is 5.70. The average Bonchev–Trinajstić information content (AvgIpc) is 3.19. The van der Waals surface area contributed by atoms with Gasteiger partial charge in [-0.15, -0.1) is 0 Å². The number of rotatable bonds is 4. The summed E-state index contributed by atoms with van der Waals surface area (Å²) >= 11 is 0. The van der Waals surface area contributed by atoms with Crippen LogP contribution in [0.15, 0.2) is 84.9 Å². The first-order valence-electron chi connectivity index (χ1n) is 8.93. The van der Waals surface area contributed by atoms with Crippen molar-refractivity contribution in [2.45, 2.75) is 6.18 Å². The zero-order valence-electron chi connectivity index (χ0n) is 15.5. The number of alkyl halides is 3. The first-order valence-corrected chi connectivity index (χ1v) is 8.93. The summed E-state index contributed by atoms with van der Waals surface area (Å²) in [4.78, 5) is 0. The third kappa shape index (κ3) is 3.87. The molecule has 0 spiro atoms. The van der Waals surface area contributed by atoms with Crippen molar-refractivity contribution in [1.82, 2.24) is 9.78 Å². The van der Waals surface area contributed by atoms with Crippen molar-refractivity contribution in [3.05, 3.63) is 90.5 Å². The van der Waals surface area contributed by atoms with Gasteiger partial charge in [-0.05, 0) is 48.5 Å². The minimum atomic E-state index is -4.42. The molecule has 0 atom stereocenters. The second-order valence-electron chi connectivity index (χ2n) is 6.47. The molecule has 0 aliphatic rings. The molecule has 4 aromatic rings. The molecular formula is C23H17F3N2O. The van der Waals surface area contributed by atoms with Gasteiger partial charge in [0.25, 0.3) is 0 Å². The monoisotopic (exact) mass is 394 g/mol. The Morgan fingerprint density at radius 1 is 0.793 bits per heavy atom. The highest BCUT2D eigenvalue weighted by Gasteiger charge is 2.30. The fraction of sp³-hybridized carbons (Fsp3) is 0.0870. The summed E-state index contributed by atoms with van der Waals surface area (Å²) in [6.45, 7) is 0. The van der Waals surface area contributed by atoms with Gasteiger partial charge in [-0.25, -0.2) is 4.68 Å². The van der Waals surface area contributed by atoms with Gasteiger partial charge >= 0.3 is 6.18 Å². The molecule has 0 bridgehead atoms. The topological polar surface area (TPSA) is 27.1 Å². The van der Waals surface area contributed by atoms with E-state index in [0.717, 1.165) is 23.3 Å². The Bertz CT molecular complexity index is 1120. The molecule has 4 rings (SSSR count). The minimum absolute atomic E-state index is 0.346. The molecule has 29 heavy (non-hydrogen) atoms. The number of hydrogen-bond acceptors (Lipinski definition) is 2. The summed E-state index contributed by atoms with van der Waals surface area (Å²) in [5, 5.41) is 4.61. The molecular weight excluding hydrogens is 377 g/mol. The van der Waals surface area contributed by atoms with Crippen LogP contribution in [-0.2, 0) is 6.18 Å². The van der Waals surface area contributed by atoms with E-state index < -0.39 is 11.7 Å². The summed E-state index contributed by atoms with van der Waals surface area (Å²) < 4.78 is 46.4. The Morgan fingerprint density at radius 2 is 1.52 bits per heavy atom. The van der Waals surface area contributed by atoms with E-state index in [4.69, 9.17) is 4.74 Å². The SMILES string of the molecule is COc1ccc(-c2cc(-c3ccccc3)n(-c3cccc(C(F)(F)F)c3)n2)cc1. The molecule has 0 saturated heterocycles. The van der Waals surface area contributed by atoms with Crippen LogP contribution in [0.25, 0.3) is 28.2 Å². The smallest absolute Gasteiger partial charge is 0.416 e. The average molecular weight is 394 g/mol. The van der Waals surface area contributed by atoms with Crippen LogP contribution in [0.3, 0.4) is 0 Å². The van der Waals surface area contributed by atoms with Crippen molar-refractivity contribution in [1.29, 1.82) is 0 Å². The molecule has 1 heterocycles. The number of ether oxygens (including phenoxy) is 1. The number of methoxy groups -OCH3 is 1. The standard InChI is InChI=1S/C23H17F3N2O/c1-29-20-12-10-16(11-13-20)21-15-22(17-6-3-2-4-7-17)28(27-21)19-9-5-8-18(14-19)23(24,25)26/h2-15H,1H3. The van der Waals surface area contributed by atoms with Crippen LogP contribution in [0, 0.1) is 0 Å². The van der Waals surface area contributed by atoms with Crippen LogP contribution in [0.2, 0.25) is 0 Å². The third-order valence-corrected chi connectivity index (χ3v) is 4.58. The predicted molar refractivity (Wildman–Crippen MR) is 106 cm³/mol. The maximum absolute atomic E-state index is 13.2. The molecule has 1 aromatic heterocycles. The van der Waals surface area contributed by atoms with Crippen LogP contribution in [-0.4, -0.2) is 16.9 Å². The molecule has 146 valence electrons. The van der Waals surface area contributed by atoms with Gasteiger partial charge in [0.15, 0.2) is 0 Å². The van der Waals surface area contributed by atoms with Crippen LogP contribution >= 0.6 is 0 Å². The number of nitrogens with zero attached hydrogens (tertiary/aromatic N) is 2. The minimum Gasteiger partial charge on any atom is -0.497 e. The third-order valence-electron chi connectivity index (χ3n) is 4.58. The first-order chi connectivity index (χ1) is 14.0. The number of aromatic nitrogens is 2. The van der Waals surface area contributed by atoms with Crippen molar-refractivity contribution in [2.24, 2.45) is 0 Å². The fourth-order valence-electron chi connectivity index (χ4n) is 3.11. The van der Waals surface area contributed by atoms with Gasteiger partial charge < -0.3 is 4.74 Å². The van der Waals surface area contributed by atoms with E-state index in [1.807, 2.05) is 60.7 Å². The highest BCUT2D eigenvalue weighted by atomic mass is 19.4. The van der Waals surface area contributed by atoms with Crippen molar-refractivity contribution in [2.75, 3.05) is 7.11 Å². The van der Waals surface area contributed by atoms with Crippen molar-refractivity contribution in [3.8, 4) is 34.0 Å². The summed E-state index contributed by atoms with van der Waals surface area (Å²) in [5.41, 5.74) is 2.69. The van der Waals surface area contributed by atoms with Gasteiger partial charge in [0.05, 0.1) is 29.7 Å². The van der Waals surface area contributed by atoms with E-state index in [9.17, 15) is 13.2 Å². The van der Waals surface area contributed by atoms with E-state index in [0.29, 0.717) is 22.8 Å². The van der Waals surface area contributed by atoms with Gasteiger partial charge in [-0.1, -0.05) is 36.4 Å². The molecule has 0 aliphatic carbocycles. The number of benzene rings is 3. The zero-order chi connectivity index (χ0) is 20.4.